The number of benzene rings is 2. The monoisotopic (exact) mass is 627 g/mol. The summed E-state index contributed by atoms with van der Waals surface area (Å²) in [7, 11) is 0. The summed E-state index contributed by atoms with van der Waals surface area (Å²) < 4.78 is 57.0. The van der Waals surface area contributed by atoms with Gasteiger partial charge in [0.15, 0.2) is 0 Å². The number of anilines is 1. The fourth-order valence-electron chi connectivity index (χ4n) is 6.31. The molecule has 3 aliphatic heterocycles. The van der Waals surface area contributed by atoms with Gasteiger partial charge in [0.05, 0.1) is 46.5 Å². The Balaban J connectivity index is 1.10. The molecule has 4 aromatic rings. The average molecular weight is 628 g/mol. The van der Waals surface area contributed by atoms with Crippen molar-refractivity contribution in [1.29, 1.82) is 0 Å². The van der Waals surface area contributed by atoms with E-state index < -0.39 is 17.9 Å². The van der Waals surface area contributed by atoms with E-state index in [1.807, 2.05) is 6.07 Å². The van der Waals surface area contributed by atoms with Crippen molar-refractivity contribution < 1.29 is 32.5 Å². The van der Waals surface area contributed by atoms with Crippen LogP contribution >= 0.6 is 11.6 Å². The normalized spacial score (nSPS) is 22.3. The number of para-hydroxylation sites is 1. The molecule has 44 heavy (non-hydrogen) atoms. The summed E-state index contributed by atoms with van der Waals surface area (Å²) in [4.78, 5) is 22.7. The van der Waals surface area contributed by atoms with Crippen LogP contribution in [-0.2, 0) is 23.6 Å². The van der Waals surface area contributed by atoms with Crippen LogP contribution in [0, 0.1) is 0 Å². The maximum Gasteiger partial charge on any atom is 0.455 e. The Morgan fingerprint density at radius 3 is 2.59 bits per heavy atom. The third-order valence-corrected chi connectivity index (χ3v) is 8.98. The second-order valence-electron chi connectivity index (χ2n) is 11.5. The molecule has 3 aliphatic rings. The molecule has 0 spiro atoms. The lowest BCUT2D eigenvalue weighted by molar-refractivity contribution is -0.239. The number of alkyl halides is 3. The van der Waals surface area contributed by atoms with Gasteiger partial charge in [-0.25, -0.2) is 9.78 Å². The number of hydrogen-bond donors (Lipinski definition) is 2. The number of fused-ring (bicyclic) bond motifs is 2. The Morgan fingerprint density at radius 1 is 1.14 bits per heavy atom. The molecule has 7 rings (SSSR count). The predicted molar refractivity (Wildman–Crippen MR) is 156 cm³/mol. The Morgan fingerprint density at radius 2 is 1.93 bits per heavy atom. The minimum Gasteiger partial charge on any atom is -0.478 e. The number of likely N-dealkylation sites (tertiary alicyclic amines) is 1. The number of carboxylic acid groups (broad SMARTS) is 1. The summed E-state index contributed by atoms with van der Waals surface area (Å²) >= 11 is 5.89. The van der Waals surface area contributed by atoms with E-state index in [4.69, 9.17) is 26.1 Å². The van der Waals surface area contributed by atoms with Crippen LogP contribution in [0.5, 0.6) is 5.75 Å². The first-order valence-corrected chi connectivity index (χ1v) is 14.8. The van der Waals surface area contributed by atoms with E-state index in [1.54, 1.807) is 24.3 Å². The number of carbonyl (C=O) groups is 1. The topological polar surface area (TPSA) is 102 Å². The molecule has 13 heteroatoms. The Bertz CT molecular complexity index is 1720. The maximum atomic E-state index is 14.6. The largest absolute Gasteiger partial charge is 0.478 e. The summed E-state index contributed by atoms with van der Waals surface area (Å²) in [6, 6.07) is 12.7. The zero-order valence-corrected chi connectivity index (χ0v) is 24.2. The predicted octanol–water partition coefficient (Wildman–Crippen LogP) is 6.17. The number of ether oxygens (including phenoxy) is 2. The van der Waals surface area contributed by atoms with Crippen molar-refractivity contribution in [2.24, 2.45) is 0 Å². The van der Waals surface area contributed by atoms with Crippen molar-refractivity contribution in [2.75, 3.05) is 25.0 Å². The van der Waals surface area contributed by atoms with Gasteiger partial charge in [-0.1, -0.05) is 23.7 Å². The molecule has 2 N–H and O–H groups in total. The van der Waals surface area contributed by atoms with Gasteiger partial charge < -0.3 is 24.5 Å². The van der Waals surface area contributed by atoms with Gasteiger partial charge in [-0.05, 0) is 80.2 Å². The molecule has 0 saturated carbocycles. The van der Waals surface area contributed by atoms with Crippen molar-refractivity contribution in [3.05, 3.63) is 82.4 Å². The maximum absolute atomic E-state index is 14.6. The lowest BCUT2D eigenvalue weighted by Crippen LogP contribution is -2.51. The molecule has 230 valence electrons. The second-order valence-corrected chi connectivity index (χ2v) is 11.9. The van der Waals surface area contributed by atoms with Gasteiger partial charge in [0, 0.05) is 12.8 Å². The van der Waals surface area contributed by atoms with Crippen LogP contribution in [0.15, 0.2) is 54.7 Å². The number of carboxylic acids is 1. The van der Waals surface area contributed by atoms with Gasteiger partial charge in [-0.15, -0.1) is 0 Å². The fraction of sp³-hybridized carbons (Fsp3) is 0.387. The van der Waals surface area contributed by atoms with Crippen LogP contribution in [0.2, 0.25) is 5.02 Å². The third kappa shape index (κ3) is 5.04. The van der Waals surface area contributed by atoms with Crippen molar-refractivity contribution in [1.82, 2.24) is 19.4 Å². The molecule has 2 aromatic carbocycles. The molecule has 0 radical (unpaired) electrons. The number of hydrogen-bond acceptors (Lipinski definition) is 7. The van der Waals surface area contributed by atoms with E-state index in [-0.39, 0.29) is 34.1 Å². The summed E-state index contributed by atoms with van der Waals surface area (Å²) in [5.74, 6) is -0.0172. The summed E-state index contributed by atoms with van der Waals surface area (Å²) in [5.41, 5.74) is -0.338. The molecule has 2 fully saturated rings. The second kappa shape index (κ2) is 10.9. The van der Waals surface area contributed by atoms with Crippen LogP contribution in [-0.4, -0.2) is 62.5 Å². The van der Waals surface area contributed by atoms with Crippen molar-refractivity contribution in [2.45, 2.75) is 56.3 Å². The van der Waals surface area contributed by atoms with Gasteiger partial charge in [0.2, 0.25) is 0 Å². The van der Waals surface area contributed by atoms with E-state index in [0.717, 1.165) is 41.7 Å². The van der Waals surface area contributed by atoms with Crippen LogP contribution in [0.1, 0.15) is 52.6 Å². The highest BCUT2D eigenvalue weighted by molar-refractivity contribution is 6.30. The molecule has 5 heterocycles. The number of rotatable bonds is 7. The minimum atomic E-state index is -4.80. The summed E-state index contributed by atoms with van der Waals surface area (Å²) in [6.07, 6.45) is -1.17. The van der Waals surface area contributed by atoms with Crippen molar-refractivity contribution >= 4 is 34.3 Å². The van der Waals surface area contributed by atoms with E-state index in [9.17, 15) is 23.1 Å². The molecule has 0 amide bonds. The molecule has 0 bridgehead atoms. The zero-order chi connectivity index (χ0) is 30.6. The number of aromatic carboxylic acids is 1. The Hall–Kier alpha value is -3.87. The number of nitrogens with one attached hydrogen (secondary N) is 1. The van der Waals surface area contributed by atoms with Gasteiger partial charge in [-0.2, -0.15) is 13.2 Å². The molecular formula is C31H29ClF3N5O4. The van der Waals surface area contributed by atoms with E-state index >= 15 is 0 Å². The van der Waals surface area contributed by atoms with Gasteiger partial charge >= 0.3 is 17.9 Å². The smallest absolute Gasteiger partial charge is 0.455 e. The first-order valence-electron chi connectivity index (χ1n) is 14.5. The Kier molecular flexibility index (Phi) is 7.18. The highest BCUT2D eigenvalue weighted by Crippen LogP contribution is 2.52. The number of piperidine rings is 1. The number of halogens is 4. The quantitative estimate of drug-likeness (QED) is 0.251. The van der Waals surface area contributed by atoms with Gasteiger partial charge in [-0.3, -0.25) is 9.88 Å². The first-order chi connectivity index (χ1) is 21.1. The van der Waals surface area contributed by atoms with Crippen molar-refractivity contribution in [3.63, 3.8) is 0 Å². The molecule has 2 saturated heterocycles. The zero-order valence-electron chi connectivity index (χ0n) is 23.5. The standard InChI is InChI=1S/C31H29ClF3N5O4/c32-20-5-7-26(36-15-20)30(31(33,34)35)38-28-22(2-1-3-25(28)44-30)18-8-11-39(12-9-18)17-27-37-23-6-4-19(29(41)42)14-24(23)40(27)16-21-10-13-43-21/h1-7,14-15,18,21,38H,8-13,16-17H2,(H,41,42)/t21-,30?/m0/s1. The molecule has 0 aliphatic carbocycles. The Labute approximate surface area is 255 Å². The van der Waals surface area contributed by atoms with Gasteiger partial charge in [0.25, 0.3) is 0 Å². The number of pyridine rings is 1. The van der Waals surface area contributed by atoms with E-state index in [1.165, 1.54) is 24.4 Å². The molecule has 9 nitrogen and oxygen atoms in total. The molecule has 2 atom stereocenters. The highest BCUT2D eigenvalue weighted by Gasteiger charge is 2.63. The fourth-order valence-corrected chi connectivity index (χ4v) is 6.42. The van der Waals surface area contributed by atoms with Crippen LogP contribution < -0.4 is 10.1 Å². The minimum absolute atomic E-state index is 0.0137. The van der Waals surface area contributed by atoms with Crippen LogP contribution in [0.3, 0.4) is 0 Å². The SMILES string of the molecule is O=C(O)c1ccc2nc(CN3CCC(c4cccc5c4NC(c4ccc(Cl)cn4)(C(F)(F)F)O5)CC3)n(C[C@@H]3CCO3)c2c1. The van der Waals surface area contributed by atoms with E-state index in [0.29, 0.717) is 38.5 Å². The molecular weight excluding hydrogens is 599 g/mol. The number of aromatic nitrogens is 3. The third-order valence-electron chi connectivity index (χ3n) is 8.76. The average Bonchev–Trinajstić information content (AvgIpc) is 3.54. The van der Waals surface area contributed by atoms with Crippen LogP contribution in [0.25, 0.3) is 11.0 Å². The number of nitrogens with zero attached hydrogens (tertiary/aromatic N) is 4. The highest BCUT2D eigenvalue weighted by atomic mass is 35.5. The molecule has 2 aromatic heterocycles. The first kappa shape index (κ1) is 28.9. The van der Waals surface area contributed by atoms with E-state index in [2.05, 4.69) is 19.8 Å². The molecule has 1 unspecified atom stereocenters. The lowest BCUT2D eigenvalue weighted by Gasteiger charge is -2.33. The van der Waals surface area contributed by atoms with Gasteiger partial charge in [0.1, 0.15) is 17.3 Å². The summed E-state index contributed by atoms with van der Waals surface area (Å²) in [5, 5.41) is 12.4. The van der Waals surface area contributed by atoms with Crippen molar-refractivity contribution in [3.8, 4) is 5.75 Å². The summed E-state index contributed by atoms with van der Waals surface area (Å²) in [6.45, 7) is 3.29. The van der Waals surface area contributed by atoms with Crippen LogP contribution in [0.4, 0.5) is 18.9 Å². The number of imidazole rings is 1. The lowest BCUT2D eigenvalue weighted by atomic mass is 9.88.